The number of ether oxygens (including phenoxy) is 1. The zero-order valence-corrected chi connectivity index (χ0v) is 11.2. The molecule has 0 aromatic heterocycles. The van der Waals surface area contributed by atoms with Crippen molar-refractivity contribution in [3.8, 4) is 5.75 Å². The van der Waals surface area contributed by atoms with E-state index < -0.39 is 23.6 Å². The SMILES string of the molecule is COc1cccc(C(O)CNc2cc(F)cc(F)c2F)c1. The Kier molecular flexibility index (Phi) is 4.70. The van der Waals surface area contributed by atoms with Crippen LogP contribution in [-0.4, -0.2) is 18.8 Å². The van der Waals surface area contributed by atoms with Crippen molar-refractivity contribution in [1.82, 2.24) is 0 Å². The molecule has 0 heterocycles. The van der Waals surface area contributed by atoms with Crippen LogP contribution in [0.25, 0.3) is 0 Å². The van der Waals surface area contributed by atoms with Crippen molar-refractivity contribution in [1.29, 1.82) is 0 Å². The summed E-state index contributed by atoms with van der Waals surface area (Å²) in [6, 6.07) is 7.98. The minimum absolute atomic E-state index is 0.104. The predicted molar refractivity (Wildman–Crippen MR) is 72.8 cm³/mol. The van der Waals surface area contributed by atoms with E-state index in [1.165, 1.54) is 7.11 Å². The van der Waals surface area contributed by atoms with Crippen molar-refractivity contribution in [3.05, 3.63) is 59.4 Å². The van der Waals surface area contributed by atoms with Crippen molar-refractivity contribution in [2.45, 2.75) is 6.10 Å². The molecule has 3 nitrogen and oxygen atoms in total. The molecule has 0 fully saturated rings. The number of benzene rings is 2. The first-order chi connectivity index (χ1) is 10.0. The quantitative estimate of drug-likeness (QED) is 0.832. The highest BCUT2D eigenvalue weighted by atomic mass is 19.2. The minimum atomic E-state index is -1.28. The molecule has 0 saturated heterocycles. The van der Waals surface area contributed by atoms with Crippen LogP contribution in [0.1, 0.15) is 11.7 Å². The van der Waals surface area contributed by atoms with E-state index in [4.69, 9.17) is 4.74 Å². The molecular formula is C15H14F3NO2. The summed E-state index contributed by atoms with van der Waals surface area (Å²) in [6.45, 7) is -0.104. The molecule has 2 rings (SSSR count). The molecule has 0 radical (unpaired) electrons. The van der Waals surface area contributed by atoms with Gasteiger partial charge in [-0.2, -0.15) is 0 Å². The van der Waals surface area contributed by atoms with Crippen LogP contribution in [0.15, 0.2) is 36.4 Å². The Bertz CT molecular complexity index is 634. The lowest BCUT2D eigenvalue weighted by Crippen LogP contribution is -2.13. The first-order valence-electron chi connectivity index (χ1n) is 6.21. The van der Waals surface area contributed by atoms with Crippen LogP contribution < -0.4 is 10.1 Å². The maximum Gasteiger partial charge on any atom is 0.182 e. The molecule has 0 aliphatic carbocycles. The van der Waals surface area contributed by atoms with Gasteiger partial charge in [-0.3, -0.25) is 0 Å². The zero-order valence-electron chi connectivity index (χ0n) is 11.2. The van der Waals surface area contributed by atoms with Crippen LogP contribution in [0.3, 0.4) is 0 Å². The van der Waals surface area contributed by atoms with Gasteiger partial charge in [0, 0.05) is 18.7 Å². The molecule has 0 spiro atoms. The fourth-order valence-corrected chi connectivity index (χ4v) is 1.86. The summed E-state index contributed by atoms with van der Waals surface area (Å²) in [7, 11) is 1.49. The van der Waals surface area contributed by atoms with E-state index in [0.29, 0.717) is 17.4 Å². The molecule has 0 bridgehead atoms. The molecule has 2 N–H and O–H groups in total. The third-order valence-corrected chi connectivity index (χ3v) is 2.96. The van der Waals surface area contributed by atoms with E-state index in [1.807, 2.05) is 0 Å². The second-order valence-electron chi connectivity index (χ2n) is 4.42. The second kappa shape index (κ2) is 6.49. The third kappa shape index (κ3) is 3.66. The molecule has 2 aromatic rings. The van der Waals surface area contributed by atoms with Crippen LogP contribution in [0.5, 0.6) is 5.75 Å². The van der Waals surface area contributed by atoms with E-state index in [-0.39, 0.29) is 12.2 Å². The number of hydrogen-bond donors (Lipinski definition) is 2. The first-order valence-corrected chi connectivity index (χ1v) is 6.21. The highest BCUT2D eigenvalue weighted by molar-refractivity contribution is 5.46. The van der Waals surface area contributed by atoms with Gasteiger partial charge in [-0.15, -0.1) is 0 Å². The number of hydrogen-bond acceptors (Lipinski definition) is 3. The summed E-state index contributed by atoms with van der Waals surface area (Å²) in [4.78, 5) is 0. The van der Waals surface area contributed by atoms with Crippen LogP contribution >= 0.6 is 0 Å². The number of halogens is 3. The maximum absolute atomic E-state index is 13.4. The van der Waals surface area contributed by atoms with Crippen molar-refractivity contribution in [2.24, 2.45) is 0 Å². The van der Waals surface area contributed by atoms with Crippen molar-refractivity contribution in [2.75, 3.05) is 19.0 Å². The van der Waals surface area contributed by atoms with Gasteiger partial charge in [0.2, 0.25) is 0 Å². The Morgan fingerprint density at radius 1 is 1.19 bits per heavy atom. The summed E-state index contributed by atoms with van der Waals surface area (Å²) < 4.78 is 44.6. The van der Waals surface area contributed by atoms with Crippen LogP contribution in [0.4, 0.5) is 18.9 Å². The molecule has 0 saturated carbocycles. The average Bonchev–Trinajstić information content (AvgIpc) is 2.49. The van der Waals surface area contributed by atoms with Gasteiger partial charge in [-0.25, -0.2) is 13.2 Å². The number of rotatable bonds is 5. The predicted octanol–water partition coefficient (Wildman–Crippen LogP) is 3.26. The van der Waals surface area contributed by atoms with Gasteiger partial charge in [-0.05, 0) is 17.7 Å². The number of anilines is 1. The first kappa shape index (κ1) is 15.2. The normalized spacial score (nSPS) is 12.0. The fraction of sp³-hybridized carbons (Fsp3) is 0.200. The average molecular weight is 297 g/mol. The van der Waals surface area contributed by atoms with Gasteiger partial charge in [-0.1, -0.05) is 12.1 Å². The number of aliphatic hydroxyl groups excluding tert-OH is 1. The lowest BCUT2D eigenvalue weighted by molar-refractivity contribution is 0.191. The second-order valence-corrected chi connectivity index (χ2v) is 4.42. The van der Waals surface area contributed by atoms with Gasteiger partial charge in [0.15, 0.2) is 11.6 Å². The largest absolute Gasteiger partial charge is 0.497 e. The molecule has 0 aliphatic rings. The van der Waals surface area contributed by atoms with Gasteiger partial charge >= 0.3 is 0 Å². The van der Waals surface area contributed by atoms with Crippen molar-refractivity contribution in [3.63, 3.8) is 0 Å². The van der Waals surface area contributed by atoms with Gasteiger partial charge < -0.3 is 15.2 Å². The zero-order chi connectivity index (χ0) is 15.4. The Labute approximate surface area is 120 Å². The van der Waals surface area contributed by atoms with Gasteiger partial charge in [0.05, 0.1) is 18.9 Å². The molecule has 6 heteroatoms. The van der Waals surface area contributed by atoms with E-state index in [9.17, 15) is 18.3 Å². The lowest BCUT2D eigenvalue weighted by atomic mass is 10.1. The Hall–Kier alpha value is -2.21. The van der Waals surface area contributed by atoms with Crippen LogP contribution in [0, 0.1) is 17.5 Å². The van der Waals surface area contributed by atoms with E-state index in [2.05, 4.69) is 5.32 Å². The summed E-state index contributed by atoms with van der Waals surface area (Å²) >= 11 is 0. The lowest BCUT2D eigenvalue weighted by Gasteiger charge is -2.14. The number of aliphatic hydroxyl groups is 1. The molecule has 0 aliphatic heterocycles. The van der Waals surface area contributed by atoms with Crippen molar-refractivity contribution < 1.29 is 23.0 Å². The molecule has 21 heavy (non-hydrogen) atoms. The Balaban J connectivity index is 2.09. The highest BCUT2D eigenvalue weighted by Gasteiger charge is 2.13. The highest BCUT2D eigenvalue weighted by Crippen LogP contribution is 2.22. The van der Waals surface area contributed by atoms with Crippen LogP contribution in [-0.2, 0) is 0 Å². The summed E-state index contributed by atoms with van der Waals surface area (Å²) in [5, 5.41) is 12.5. The van der Waals surface area contributed by atoms with E-state index >= 15 is 0 Å². The van der Waals surface area contributed by atoms with Gasteiger partial charge in [0.25, 0.3) is 0 Å². The summed E-state index contributed by atoms with van der Waals surface area (Å²) in [5.41, 5.74) is 0.202. The Morgan fingerprint density at radius 3 is 2.67 bits per heavy atom. The maximum atomic E-state index is 13.4. The number of nitrogens with one attached hydrogen (secondary N) is 1. The fourth-order valence-electron chi connectivity index (χ4n) is 1.86. The van der Waals surface area contributed by atoms with E-state index in [0.717, 1.165) is 6.07 Å². The summed E-state index contributed by atoms with van der Waals surface area (Å²) in [6.07, 6.45) is -0.981. The standard InChI is InChI=1S/C15H14F3NO2/c1-21-11-4-2-3-9(5-11)14(20)8-19-13-7-10(16)6-12(17)15(13)18/h2-7,14,19-20H,8H2,1H3. The smallest absolute Gasteiger partial charge is 0.182 e. The summed E-state index contributed by atoms with van der Waals surface area (Å²) in [5.74, 6) is -2.80. The molecule has 112 valence electrons. The third-order valence-electron chi connectivity index (χ3n) is 2.96. The molecule has 1 unspecified atom stereocenters. The van der Waals surface area contributed by atoms with Crippen molar-refractivity contribution >= 4 is 5.69 Å². The van der Waals surface area contributed by atoms with Gasteiger partial charge in [0.1, 0.15) is 11.6 Å². The molecule has 1 atom stereocenters. The monoisotopic (exact) mass is 297 g/mol. The Morgan fingerprint density at radius 2 is 1.95 bits per heavy atom. The molecular weight excluding hydrogens is 283 g/mol. The minimum Gasteiger partial charge on any atom is -0.497 e. The number of methoxy groups -OCH3 is 1. The van der Waals surface area contributed by atoms with Crippen LogP contribution in [0.2, 0.25) is 0 Å². The van der Waals surface area contributed by atoms with E-state index in [1.54, 1.807) is 24.3 Å². The topological polar surface area (TPSA) is 41.5 Å². The molecule has 2 aromatic carbocycles. The molecule has 0 amide bonds.